The maximum absolute atomic E-state index is 13.9. The first kappa shape index (κ1) is 49.6. The Morgan fingerprint density at radius 1 is 0.710 bits per heavy atom. The lowest BCUT2D eigenvalue weighted by Gasteiger charge is -2.33. The highest BCUT2D eigenvalue weighted by Crippen LogP contribution is 2.27. The lowest BCUT2D eigenvalue weighted by molar-refractivity contribution is -0.140. The van der Waals surface area contributed by atoms with E-state index in [1.54, 1.807) is 0 Å². The van der Waals surface area contributed by atoms with Crippen molar-refractivity contribution in [2.75, 3.05) is 6.54 Å². The summed E-state index contributed by atoms with van der Waals surface area (Å²) >= 11 is 0. The lowest BCUT2D eigenvalue weighted by atomic mass is 9.83. The Morgan fingerprint density at radius 3 is 1.97 bits per heavy atom. The molecule has 62 heavy (non-hydrogen) atoms. The molecule has 0 spiro atoms. The number of carbonyl (C=O) groups excluding carboxylic acids is 5. The summed E-state index contributed by atoms with van der Waals surface area (Å²) in [6.07, 6.45) is 8.86. The SMILES string of the molecule is CC(C)C[C@@H](CC(=O)N[C@@H](CCC(=O)O)CC(=O)O)NC(=O)[C@@H]1CCCC[C@H]1NC(=O)C[C@H](CCCN)NC(=O)C[C@H](Cc1c[nH]c2ccccc12)NC(=O)[C@@H]1CCCC[C@H]1N. The number of rotatable bonds is 25. The molecule has 5 amide bonds. The summed E-state index contributed by atoms with van der Waals surface area (Å²) in [5.41, 5.74) is 14.1. The number of hydrogen-bond acceptors (Lipinski definition) is 9. The van der Waals surface area contributed by atoms with Crippen LogP contribution in [0.2, 0.25) is 0 Å². The van der Waals surface area contributed by atoms with Crippen molar-refractivity contribution < 1.29 is 43.8 Å². The highest BCUT2D eigenvalue weighted by molar-refractivity contribution is 5.86. The molecule has 8 atom stereocenters. The molecule has 2 fully saturated rings. The Balaban J connectivity index is 1.39. The van der Waals surface area contributed by atoms with Crippen molar-refractivity contribution in [2.24, 2.45) is 29.2 Å². The Morgan fingerprint density at radius 2 is 1.31 bits per heavy atom. The number of hydrogen-bond donors (Lipinski definition) is 10. The van der Waals surface area contributed by atoms with Crippen molar-refractivity contribution in [3.05, 3.63) is 36.0 Å². The molecule has 2 aliphatic rings. The second kappa shape index (κ2) is 25.2. The van der Waals surface area contributed by atoms with Crippen LogP contribution >= 0.6 is 0 Å². The van der Waals surface area contributed by atoms with E-state index < -0.39 is 60.4 Å². The van der Waals surface area contributed by atoms with E-state index in [1.807, 2.05) is 44.3 Å². The molecule has 2 saturated carbocycles. The first-order valence-electron chi connectivity index (χ1n) is 22.5. The van der Waals surface area contributed by atoms with Gasteiger partial charge in [0.05, 0.1) is 18.3 Å². The van der Waals surface area contributed by atoms with Crippen LogP contribution in [0, 0.1) is 17.8 Å². The number of H-pyrrole nitrogens is 1. The zero-order valence-electron chi connectivity index (χ0n) is 36.4. The summed E-state index contributed by atoms with van der Waals surface area (Å²) < 4.78 is 0. The fourth-order valence-corrected chi connectivity index (χ4v) is 9.06. The fourth-order valence-electron chi connectivity index (χ4n) is 9.06. The predicted octanol–water partition coefficient (Wildman–Crippen LogP) is 3.14. The quantitative estimate of drug-likeness (QED) is 0.0692. The molecular weight excluding hydrogens is 797 g/mol. The third-order valence-corrected chi connectivity index (χ3v) is 12.1. The average Bonchev–Trinajstić information content (AvgIpc) is 3.61. The Bertz CT molecular complexity index is 1820. The van der Waals surface area contributed by atoms with Crippen molar-refractivity contribution >= 4 is 52.4 Å². The second-order valence-electron chi connectivity index (χ2n) is 17.8. The number of nitrogens with one attached hydrogen (secondary N) is 6. The minimum absolute atomic E-state index is 0.0169. The Hall–Kier alpha value is -5.03. The van der Waals surface area contributed by atoms with E-state index >= 15 is 0 Å². The van der Waals surface area contributed by atoms with E-state index in [0.717, 1.165) is 48.6 Å². The van der Waals surface area contributed by atoms with Gasteiger partial charge in [-0.15, -0.1) is 0 Å². The van der Waals surface area contributed by atoms with E-state index in [4.69, 9.17) is 16.6 Å². The highest BCUT2D eigenvalue weighted by atomic mass is 16.4. The number of nitrogens with two attached hydrogens (primary N) is 2. The second-order valence-corrected chi connectivity index (χ2v) is 17.8. The van der Waals surface area contributed by atoms with Crippen molar-refractivity contribution in [2.45, 2.75) is 166 Å². The van der Waals surface area contributed by atoms with Gasteiger partial charge >= 0.3 is 11.9 Å². The van der Waals surface area contributed by atoms with Gasteiger partial charge in [0.1, 0.15) is 0 Å². The van der Waals surface area contributed by atoms with Crippen LogP contribution in [0.15, 0.2) is 30.5 Å². The minimum atomic E-state index is -1.17. The molecule has 0 radical (unpaired) electrons. The van der Waals surface area contributed by atoms with Gasteiger partial charge in [-0.3, -0.25) is 33.6 Å². The normalized spacial score (nSPS) is 20.9. The standard InChI is InChI=1S/C45H70N8O9/c1-27(2)20-31(23-39(54)50-30(25-43(59)60)17-18-42(57)58)51-45(62)35-13-5-8-16-38(35)53-41(56)22-29(10-9-19-46)49-40(55)24-32(52-44(61)34-12-3-6-14-36(34)47)21-28-26-48-37-15-7-4-11-33(28)37/h4,7,11,15,26-27,29-32,34-36,38,48H,3,5-6,8-10,12-14,16-25,46-47H2,1-2H3,(H,49,55)(H,50,54)(H,51,62)(H,52,61)(H,53,56)(H,57,58)(H,59,60)/t29-,30-,31-,32-,34+,35+,36+,38+/m0/s1. The first-order valence-corrected chi connectivity index (χ1v) is 22.5. The van der Waals surface area contributed by atoms with Crippen molar-refractivity contribution in [1.82, 2.24) is 31.6 Å². The van der Waals surface area contributed by atoms with E-state index in [9.17, 15) is 38.7 Å². The summed E-state index contributed by atoms with van der Waals surface area (Å²) in [6.45, 7) is 4.26. The van der Waals surface area contributed by atoms with Crippen LogP contribution in [0.3, 0.4) is 0 Å². The van der Waals surface area contributed by atoms with Crippen molar-refractivity contribution in [3.8, 4) is 0 Å². The number of aromatic amines is 1. The summed E-state index contributed by atoms with van der Waals surface area (Å²) in [6, 6.07) is 4.60. The van der Waals surface area contributed by atoms with E-state index in [1.165, 1.54) is 0 Å². The highest BCUT2D eigenvalue weighted by Gasteiger charge is 2.35. The van der Waals surface area contributed by atoms with Gasteiger partial charge < -0.3 is 53.2 Å². The zero-order valence-corrected chi connectivity index (χ0v) is 36.4. The molecule has 2 aliphatic carbocycles. The molecule has 12 N–H and O–H groups in total. The minimum Gasteiger partial charge on any atom is -0.481 e. The van der Waals surface area contributed by atoms with Crippen LogP contribution in [-0.4, -0.2) is 99.5 Å². The number of aromatic nitrogens is 1. The topological polar surface area (TPSA) is 288 Å². The van der Waals surface area contributed by atoms with Crippen LogP contribution < -0.4 is 38.1 Å². The van der Waals surface area contributed by atoms with Gasteiger partial charge in [-0.1, -0.05) is 57.7 Å². The largest absolute Gasteiger partial charge is 0.481 e. The summed E-state index contributed by atoms with van der Waals surface area (Å²) in [5, 5.41) is 34.3. The summed E-state index contributed by atoms with van der Waals surface area (Å²) in [4.78, 5) is 93.7. The van der Waals surface area contributed by atoms with Gasteiger partial charge in [-0.2, -0.15) is 0 Å². The fraction of sp³-hybridized carbons (Fsp3) is 0.667. The molecule has 4 rings (SSSR count). The van der Waals surface area contributed by atoms with Crippen LogP contribution in [0.25, 0.3) is 10.9 Å². The molecule has 0 saturated heterocycles. The molecule has 0 bridgehead atoms. The Labute approximate surface area is 364 Å². The van der Waals surface area contributed by atoms with E-state index in [2.05, 4.69) is 31.6 Å². The molecule has 1 heterocycles. The number of aliphatic carboxylic acids is 2. The third kappa shape index (κ3) is 16.7. The molecule has 0 aliphatic heterocycles. The van der Waals surface area contributed by atoms with Gasteiger partial charge in [0.2, 0.25) is 29.5 Å². The van der Waals surface area contributed by atoms with Gasteiger partial charge in [-0.05, 0) is 81.9 Å². The molecule has 17 nitrogen and oxygen atoms in total. The predicted molar refractivity (Wildman–Crippen MR) is 234 cm³/mol. The maximum Gasteiger partial charge on any atom is 0.305 e. The molecule has 17 heteroatoms. The Kier molecular flexibility index (Phi) is 20.1. The molecule has 0 unspecified atom stereocenters. The maximum atomic E-state index is 13.9. The molecular formula is C45H70N8O9. The number of carboxylic acid groups (broad SMARTS) is 2. The van der Waals surface area contributed by atoms with Gasteiger partial charge in [0.25, 0.3) is 0 Å². The van der Waals surface area contributed by atoms with Gasteiger partial charge in [-0.25, -0.2) is 0 Å². The monoisotopic (exact) mass is 867 g/mol. The average molecular weight is 867 g/mol. The molecule has 344 valence electrons. The first-order chi connectivity index (χ1) is 29.6. The zero-order chi connectivity index (χ0) is 45.2. The third-order valence-electron chi connectivity index (χ3n) is 12.1. The van der Waals surface area contributed by atoms with Gasteiger partial charge in [0.15, 0.2) is 0 Å². The van der Waals surface area contributed by atoms with Crippen LogP contribution in [0.5, 0.6) is 0 Å². The van der Waals surface area contributed by atoms with Crippen LogP contribution in [0.1, 0.15) is 129 Å². The van der Waals surface area contributed by atoms with Crippen LogP contribution in [0.4, 0.5) is 0 Å². The molecule has 2 aromatic rings. The van der Waals surface area contributed by atoms with E-state index in [-0.39, 0.29) is 73.6 Å². The molecule has 1 aromatic heterocycles. The number of benzene rings is 1. The number of para-hydroxylation sites is 1. The lowest BCUT2D eigenvalue weighted by Crippen LogP contribution is -2.52. The summed E-state index contributed by atoms with van der Waals surface area (Å²) in [7, 11) is 0. The van der Waals surface area contributed by atoms with Crippen molar-refractivity contribution in [3.63, 3.8) is 0 Å². The van der Waals surface area contributed by atoms with Gasteiger partial charge in [0, 0.05) is 79.0 Å². The van der Waals surface area contributed by atoms with Crippen LogP contribution in [-0.2, 0) is 40.0 Å². The number of carboxylic acids is 2. The molecule has 1 aromatic carbocycles. The smallest absolute Gasteiger partial charge is 0.305 e. The number of carbonyl (C=O) groups is 7. The number of fused-ring (bicyclic) bond motifs is 1. The van der Waals surface area contributed by atoms with E-state index in [0.29, 0.717) is 51.5 Å². The summed E-state index contributed by atoms with van der Waals surface area (Å²) in [5.74, 6) is -4.65. The van der Waals surface area contributed by atoms with Crippen molar-refractivity contribution in [1.29, 1.82) is 0 Å². The number of amides is 5.